The molecule has 0 aliphatic carbocycles. The third-order valence-corrected chi connectivity index (χ3v) is 7.00. The van der Waals surface area contributed by atoms with E-state index in [4.69, 9.17) is 9.72 Å². The van der Waals surface area contributed by atoms with Gasteiger partial charge in [0, 0.05) is 57.7 Å². The number of hydrogen-bond acceptors (Lipinski definition) is 6. The molecule has 3 saturated heterocycles. The third kappa shape index (κ3) is 4.96. The highest BCUT2D eigenvalue weighted by molar-refractivity contribution is 6.07. The molecule has 8 heteroatoms. The smallest absolute Gasteiger partial charge is 0.254 e. The van der Waals surface area contributed by atoms with Crippen LogP contribution in [-0.4, -0.2) is 104 Å². The minimum Gasteiger partial charge on any atom is -0.378 e. The molecule has 3 aliphatic heterocycles. The fraction of sp³-hybridized carbons (Fsp3) is 0.560. The minimum atomic E-state index is 0.0453. The molecule has 0 radical (unpaired) electrons. The van der Waals surface area contributed by atoms with Crippen LogP contribution in [0.3, 0.4) is 0 Å². The number of rotatable bonds is 4. The number of piperidine rings is 1. The summed E-state index contributed by atoms with van der Waals surface area (Å²) in [6, 6.07) is 9.82. The van der Waals surface area contributed by atoms with E-state index in [0.29, 0.717) is 38.4 Å². The van der Waals surface area contributed by atoms with Gasteiger partial charge in [-0.1, -0.05) is 18.2 Å². The Labute approximate surface area is 195 Å². The summed E-state index contributed by atoms with van der Waals surface area (Å²) in [5, 5.41) is 0.892. The van der Waals surface area contributed by atoms with E-state index in [2.05, 4.69) is 9.80 Å². The Morgan fingerprint density at radius 1 is 0.848 bits per heavy atom. The van der Waals surface area contributed by atoms with Gasteiger partial charge in [0.15, 0.2) is 0 Å². The second-order valence-electron chi connectivity index (χ2n) is 9.15. The molecule has 0 saturated carbocycles. The van der Waals surface area contributed by atoms with Gasteiger partial charge in [-0.05, 0) is 31.4 Å². The topological polar surface area (TPSA) is 69.2 Å². The van der Waals surface area contributed by atoms with Crippen LogP contribution >= 0.6 is 0 Å². The largest absolute Gasteiger partial charge is 0.378 e. The fourth-order valence-electron chi connectivity index (χ4n) is 5.01. The summed E-state index contributed by atoms with van der Waals surface area (Å²) in [5.41, 5.74) is 1.55. The van der Waals surface area contributed by atoms with Crippen molar-refractivity contribution >= 4 is 28.5 Å². The molecule has 2 aromatic rings. The van der Waals surface area contributed by atoms with Gasteiger partial charge in [0.1, 0.15) is 5.82 Å². The second-order valence-corrected chi connectivity index (χ2v) is 9.15. The van der Waals surface area contributed by atoms with Gasteiger partial charge in [-0.25, -0.2) is 4.98 Å². The van der Waals surface area contributed by atoms with Gasteiger partial charge in [0.05, 0.1) is 30.8 Å². The van der Waals surface area contributed by atoms with Crippen LogP contribution in [0.4, 0.5) is 5.82 Å². The SMILES string of the molecule is O=C(CN1CCN(c2cc(C(=O)N3CCOCC3)c3ccccc3n2)CC1)N1CCCCC1. The number of fused-ring (bicyclic) bond motifs is 1. The summed E-state index contributed by atoms with van der Waals surface area (Å²) in [4.78, 5) is 39.2. The quantitative estimate of drug-likeness (QED) is 0.707. The minimum absolute atomic E-state index is 0.0453. The molecule has 3 aliphatic rings. The molecule has 176 valence electrons. The average Bonchev–Trinajstić information content (AvgIpc) is 2.89. The van der Waals surface area contributed by atoms with Crippen LogP contribution < -0.4 is 4.90 Å². The summed E-state index contributed by atoms with van der Waals surface area (Å²) in [6.45, 7) is 7.94. The van der Waals surface area contributed by atoms with Crippen LogP contribution in [0.5, 0.6) is 0 Å². The Kier molecular flexibility index (Phi) is 6.73. The van der Waals surface area contributed by atoms with Gasteiger partial charge < -0.3 is 19.4 Å². The number of para-hydroxylation sites is 1. The molecule has 5 rings (SSSR count). The summed E-state index contributed by atoms with van der Waals surface area (Å²) in [6.07, 6.45) is 3.48. The van der Waals surface area contributed by atoms with Gasteiger partial charge in [-0.15, -0.1) is 0 Å². The van der Waals surface area contributed by atoms with Crippen molar-refractivity contribution < 1.29 is 14.3 Å². The first-order valence-electron chi connectivity index (χ1n) is 12.2. The molecule has 0 N–H and O–H groups in total. The Morgan fingerprint density at radius 2 is 1.58 bits per heavy atom. The van der Waals surface area contributed by atoms with Crippen molar-refractivity contribution in [3.05, 3.63) is 35.9 Å². The predicted molar refractivity (Wildman–Crippen MR) is 128 cm³/mol. The predicted octanol–water partition coefficient (Wildman–Crippen LogP) is 1.84. The number of hydrogen-bond donors (Lipinski definition) is 0. The molecular weight excluding hydrogens is 418 g/mol. The van der Waals surface area contributed by atoms with Gasteiger partial charge in [-0.3, -0.25) is 14.5 Å². The van der Waals surface area contributed by atoms with Crippen molar-refractivity contribution in [2.24, 2.45) is 0 Å². The van der Waals surface area contributed by atoms with Gasteiger partial charge >= 0.3 is 0 Å². The molecule has 33 heavy (non-hydrogen) atoms. The van der Waals surface area contributed by atoms with Gasteiger partial charge in [0.25, 0.3) is 5.91 Å². The van der Waals surface area contributed by atoms with E-state index >= 15 is 0 Å². The zero-order valence-corrected chi connectivity index (χ0v) is 19.2. The highest BCUT2D eigenvalue weighted by Gasteiger charge is 2.26. The molecule has 2 amide bonds. The average molecular weight is 452 g/mol. The maximum Gasteiger partial charge on any atom is 0.254 e. The number of amides is 2. The highest BCUT2D eigenvalue weighted by Crippen LogP contribution is 2.25. The van der Waals surface area contributed by atoms with Crippen LogP contribution in [0, 0.1) is 0 Å². The molecule has 3 fully saturated rings. The molecule has 0 bridgehead atoms. The Hall–Kier alpha value is -2.71. The van der Waals surface area contributed by atoms with Crippen LogP contribution in [0.1, 0.15) is 29.6 Å². The van der Waals surface area contributed by atoms with Crippen LogP contribution in [-0.2, 0) is 9.53 Å². The number of anilines is 1. The number of benzene rings is 1. The van der Waals surface area contributed by atoms with Gasteiger partial charge in [-0.2, -0.15) is 0 Å². The number of nitrogens with zero attached hydrogens (tertiary/aromatic N) is 5. The van der Waals surface area contributed by atoms with E-state index < -0.39 is 0 Å². The Bertz CT molecular complexity index is 993. The summed E-state index contributed by atoms with van der Waals surface area (Å²) in [5.74, 6) is 1.14. The molecule has 4 heterocycles. The molecule has 0 spiro atoms. The van der Waals surface area contributed by atoms with E-state index in [0.717, 1.165) is 68.8 Å². The lowest BCUT2D eigenvalue weighted by molar-refractivity contribution is -0.133. The number of pyridine rings is 1. The molecule has 1 aromatic heterocycles. The van der Waals surface area contributed by atoms with Crippen molar-refractivity contribution in [1.29, 1.82) is 0 Å². The zero-order chi connectivity index (χ0) is 22.6. The van der Waals surface area contributed by atoms with E-state index in [9.17, 15) is 9.59 Å². The highest BCUT2D eigenvalue weighted by atomic mass is 16.5. The molecule has 0 atom stereocenters. The van der Waals surface area contributed by atoms with Crippen LogP contribution in [0.15, 0.2) is 30.3 Å². The van der Waals surface area contributed by atoms with E-state index in [1.165, 1.54) is 6.42 Å². The normalized spacial score (nSPS) is 20.3. The van der Waals surface area contributed by atoms with Crippen molar-refractivity contribution in [3.8, 4) is 0 Å². The van der Waals surface area contributed by atoms with Crippen LogP contribution in [0.2, 0.25) is 0 Å². The first-order chi connectivity index (χ1) is 16.2. The van der Waals surface area contributed by atoms with Crippen molar-refractivity contribution in [1.82, 2.24) is 19.7 Å². The Balaban J connectivity index is 1.29. The van der Waals surface area contributed by atoms with Crippen molar-refractivity contribution in [2.75, 3.05) is 77.0 Å². The number of carbonyl (C=O) groups is 2. The number of carbonyl (C=O) groups excluding carboxylic acids is 2. The summed E-state index contributed by atoms with van der Waals surface area (Å²) >= 11 is 0. The van der Waals surface area contributed by atoms with E-state index in [-0.39, 0.29) is 11.8 Å². The van der Waals surface area contributed by atoms with Crippen LogP contribution in [0.25, 0.3) is 10.9 Å². The monoisotopic (exact) mass is 451 g/mol. The molecular formula is C25H33N5O3. The third-order valence-electron chi connectivity index (χ3n) is 7.00. The zero-order valence-electron chi connectivity index (χ0n) is 19.2. The second kappa shape index (κ2) is 10.1. The number of likely N-dealkylation sites (tertiary alicyclic amines) is 1. The maximum atomic E-state index is 13.3. The lowest BCUT2D eigenvalue weighted by atomic mass is 10.1. The standard InChI is InChI=1S/C25H33N5O3/c31-24(29-8-4-1-5-9-29)19-27-10-12-28(13-11-27)23-18-21(20-6-2-3-7-22(20)26-23)25(32)30-14-16-33-17-15-30/h2-3,6-7,18H,1,4-5,8-17,19H2. The molecule has 1 aromatic carbocycles. The van der Waals surface area contributed by atoms with Gasteiger partial charge in [0.2, 0.25) is 5.91 Å². The molecule has 8 nitrogen and oxygen atoms in total. The van der Waals surface area contributed by atoms with E-state index in [1.807, 2.05) is 40.1 Å². The van der Waals surface area contributed by atoms with E-state index in [1.54, 1.807) is 0 Å². The van der Waals surface area contributed by atoms with Crippen molar-refractivity contribution in [3.63, 3.8) is 0 Å². The number of morpholine rings is 1. The fourth-order valence-corrected chi connectivity index (χ4v) is 5.01. The van der Waals surface area contributed by atoms with Crippen molar-refractivity contribution in [2.45, 2.75) is 19.3 Å². The number of aromatic nitrogens is 1. The molecule has 0 unspecified atom stereocenters. The Morgan fingerprint density at radius 3 is 2.33 bits per heavy atom. The lowest BCUT2D eigenvalue weighted by Crippen LogP contribution is -2.51. The lowest BCUT2D eigenvalue weighted by Gasteiger charge is -2.37. The summed E-state index contributed by atoms with van der Waals surface area (Å²) < 4.78 is 5.42. The first-order valence-corrected chi connectivity index (χ1v) is 12.2. The number of ether oxygens (including phenoxy) is 1. The maximum absolute atomic E-state index is 13.3. The summed E-state index contributed by atoms with van der Waals surface area (Å²) in [7, 11) is 0. The number of piperazine rings is 1. The first kappa shape index (κ1) is 22.1.